The van der Waals surface area contributed by atoms with E-state index in [1.54, 1.807) is 0 Å². The predicted octanol–water partition coefficient (Wildman–Crippen LogP) is 3.24. The molecule has 0 spiro atoms. The molecule has 4 heteroatoms. The fourth-order valence-corrected chi connectivity index (χ4v) is 3.33. The third-order valence-corrected chi connectivity index (χ3v) is 4.90. The van der Waals surface area contributed by atoms with Gasteiger partial charge in [0.1, 0.15) is 0 Å². The second kappa shape index (κ2) is 6.59. The fraction of sp³-hybridized carbons (Fsp3) is 0.562. The normalized spacial score (nSPS) is 22.6. The Morgan fingerprint density at radius 2 is 2.10 bits per heavy atom. The molecule has 0 bridgehead atoms. The summed E-state index contributed by atoms with van der Waals surface area (Å²) in [6.07, 6.45) is 4.56. The molecule has 1 amide bonds. The molecule has 0 radical (unpaired) electrons. The molecule has 20 heavy (non-hydrogen) atoms. The number of nitrogens with zero attached hydrogens (tertiary/aromatic N) is 1. The van der Waals surface area contributed by atoms with Crippen LogP contribution in [0.2, 0.25) is 5.02 Å². The van der Waals surface area contributed by atoms with Crippen LogP contribution < -0.4 is 5.73 Å². The third kappa shape index (κ3) is 2.99. The quantitative estimate of drug-likeness (QED) is 0.930. The van der Waals surface area contributed by atoms with Crippen molar-refractivity contribution in [2.45, 2.75) is 38.6 Å². The highest BCUT2D eigenvalue weighted by atomic mass is 35.5. The van der Waals surface area contributed by atoms with E-state index < -0.39 is 0 Å². The summed E-state index contributed by atoms with van der Waals surface area (Å²) in [6.45, 7) is 2.54. The molecule has 0 aliphatic heterocycles. The van der Waals surface area contributed by atoms with Gasteiger partial charge < -0.3 is 10.6 Å². The number of halogens is 1. The first-order valence-electron chi connectivity index (χ1n) is 7.28. The standard InChI is InChI=1S/C16H23ClN2O/c1-11-13(7-5-8-14(11)17)16(20)19(2)15-9-4-3-6-12(15)10-18/h5,7-8,12,15H,3-4,6,9-10,18H2,1-2H3. The third-order valence-electron chi connectivity index (χ3n) is 4.49. The summed E-state index contributed by atoms with van der Waals surface area (Å²) in [5.41, 5.74) is 7.41. The van der Waals surface area contributed by atoms with Gasteiger partial charge in [-0.15, -0.1) is 0 Å². The van der Waals surface area contributed by atoms with Gasteiger partial charge in [-0.05, 0) is 49.9 Å². The van der Waals surface area contributed by atoms with Crippen molar-refractivity contribution in [2.75, 3.05) is 13.6 Å². The second-order valence-corrected chi connectivity index (χ2v) is 6.08. The van der Waals surface area contributed by atoms with Gasteiger partial charge in [0.05, 0.1) is 0 Å². The van der Waals surface area contributed by atoms with E-state index in [0.717, 1.165) is 18.4 Å². The first-order chi connectivity index (χ1) is 9.56. The lowest BCUT2D eigenvalue weighted by Gasteiger charge is -2.37. The average molecular weight is 295 g/mol. The van der Waals surface area contributed by atoms with E-state index in [4.69, 9.17) is 17.3 Å². The van der Waals surface area contributed by atoms with E-state index in [-0.39, 0.29) is 11.9 Å². The van der Waals surface area contributed by atoms with E-state index in [0.29, 0.717) is 23.0 Å². The average Bonchev–Trinajstić information content (AvgIpc) is 2.48. The molecule has 1 saturated carbocycles. The monoisotopic (exact) mass is 294 g/mol. The molecule has 1 aliphatic carbocycles. The van der Waals surface area contributed by atoms with E-state index in [2.05, 4.69) is 0 Å². The van der Waals surface area contributed by atoms with Crippen LogP contribution in [0.3, 0.4) is 0 Å². The van der Waals surface area contributed by atoms with Gasteiger partial charge in [0, 0.05) is 23.7 Å². The van der Waals surface area contributed by atoms with Gasteiger partial charge in [-0.25, -0.2) is 0 Å². The summed E-state index contributed by atoms with van der Waals surface area (Å²) in [7, 11) is 1.89. The van der Waals surface area contributed by atoms with Crippen molar-refractivity contribution in [3.63, 3.8) is 0 Å². The Kier molecular flexibility index (Phi) is 5.06. The molecule has 1 fully saturated rings. The molecular weight excluding hydrogens is 272 g/mol. The van der Waals surface area contributed by atoms with E-state index in [9.17, 15) is 4.79 Å². The number of hydrogen-bond acceptors (Lipinski definition) is 2. The first kappa shape index (κ1) is 15.3. The molecule has 2 unspecified atom stereocenters. The van der Waals surface area contributed by atoms with Gasteiger partial charge in [-0.3, -0.25) is 4.79 Å². The molecule has 1 aromatic rings. The van der Waals surface area contributed by atoms with Crippen LogP contribution >= 0.6 is 11.6 Å². The van der Waals surface area contributed by atoms with Crippen LogP contribution in [0.25, 0.3) is 0 Å². The highest BCUT2D eigenvalue weighted by Gasteiger charge is 2.30. The number of carbonyl (C=O) groups is 1. The number of amides is 1. The summed E-state index contributed by atoms with van der Waals surface area (Å²) in [6, 6.07) is 5.74. The van der Waals surface area contributed by atoms with Gasteiger partial charge in [0.2, 0.25) is 0 Å². The van der Waals surface area contributed by atoms with E-state index in [1.165, 1.54) is 12.8 Å². The summed E-state index contributed by atoms with van der Waals surface area (Å²) in [5, 5.41) is 0.642. The Hall–Kier alpha value is -1.06. The van der Waals surface area contributed by atoms with Crippen LogP contribution in [-0.4, -0.2) is 30.4 Å². The number of nitrogens with two attached hydrogens (primary N) is 1. The predicted molar refractivity (Wildman–Crippen MR) is 83.1 cm³/mol. The van der Waals surface area contributed by atoms with Crippen molar-refractivity contribution in [1.29, 1.82) is 0 Å². The van der Waals surface area contributed by atoms with Crippen LogP contribution in [0, 0.1) is 12.8 Å². The van der Waals surface area contributed by atoms with Crippen molar-refractivity contribution >= 4 is 17.5 Å². The van der Waals surface area contributed by atoms with Crippen LogP contribution in [0.5, 0.6) is 0 Å². The van der Waals surface area contributed by atoms with Gasteiger partial charge in [-0.1, -0.05) is 30.5 Å². The smallest absolute Gasteiger partial charge is 0.254 e. The zero-order chi connectivity index (χ0) is 14.7. The summed E-state index contributed by atoms with van der Waals surface area (Å²) < 4.78 is 0. The molecular formula is C16H23ClN2O. The van der Waals surface area contributed by atoms with Crippen LogP contribution in [0.4, 0.5) is 0 Å². The van der Waals surface area contributed by atoms with E-state index in [1.807, 2.05) is 37.1 Å². The lowest BCUT2D eigenvalue weighted by molar-refractivity contribution is 0.0619. The maximum Gasteiger partial charge on any atom is 0.254 e. The molecule has 0 saturated heterocycles. The molecule has 0 heterocycles. The van der Waals surface area contributed by atoms with Gasteiger partial charge in [-0.2, -0.15) is 0 Å². The van der Waals surface area contributed by atoms with Crippen molar-refractivity contribution in [3.05, 3.63) is 34.3 Å². The van der Waals surface area contributed by atoms with Crippen LogP contribution in [-0.2, 0) is 0 Å². The largest absolute Gasteiger partial charge is 0.338 e. The van der Waals surface area contributed by atoms with Crippen molar-refractivity contribution in [1.82, 2.24) is 4.90 Å². The fourth-order valence-electron chi connectivity index (χ4n) is 3.15. The Balaban J connectivity index is 2.21. The molecule has 1 aliphatic rings. The first-order valence-corrected chi connectivity index (χ1v) is 7.66. The number of rotatable bonds is 3. The molecule has 3 nitrogen and oxygen atoms in total. The Morgan fingerprint density at radius 3 is 2.80 bits per heavy atom. The topological polar surface area (TPSA) is 46.3 Å². The van der Waals surface area contributed by atoms with E-state index >= 15 is 0 Å². The lowest BCUT2D eigenvalue weighted by atomic mass is 9.83. The SMILES string of the molecule is Cc1c(Cl)cccc1C(=O)N(C)C1CCCCC1CN. The molecule has 2 rings (SSSR count). The number of carbonyl (C=O) groups excluding carboxylic acids is 1. The maximum absolute atomic E-state index is 12.7. The molecule has 1 aromatic carbocycles. The zero-order valence-corrected chi connectivity index (χ0v) is 13.0. The van der Waals surface area contributed by atoms with Gasteiger partial charge >= 0.3 is 0 Å². The minimum absolute atomic E-state index is 0.0513. The minimum Gasteiger partial charge on any atom is -0.338 e. The maximum atomic E-state index is 12.7. The number of hydrogen-bond donors (Lipinski definition) is 1. The molecule has 0 aromatic heterocycles. The number of benzene rings is 1. The van der Waals surface area contributed by atoms with Crippen molar-refractivity contribution in [3.8, 4) is 0 Å². The zero-order valence-electron chi connectivity index (χ0n) is 12.2. The molecule has 2 N–H and O–H groups in total. The van der Waals surface area contributed by atoms with Crippen molar-refractivity contribution < 1.29 is 4.79 Å². The highest BCUT2D eigenvalue weighted by Crippen LogP contribution is 2.29. The molecule has 110 valence electrons. The summed E-state index contributed by atoms with van der Waals surface area (Å²) in [5.74, 6) is 0.465. The summed E-state index contributed by atoms with van der Waals surface area (Å²) in [4.78, 5) is 14.6. The second-order valence-electron chi connectivity index (χ2n) is 5.68. The molecule has 2 atom stereocenters. The van der Waals surface area contributed by atoms with Gasteiger partial charge in [0.15, 0.2) is 0 Å². The minimum atomic E-state index is 0.0513. The summed E-state index contributed by atoms with van der Waals surface area (Å²) >= 11 is 6.11. The Morgan fingerprint density at radius 1 is 1.40 bits per heavy atom. The van der Waals surface area contributed by atoms with Crippen molar-refractivity contribution in [2.24, 2.45) is 11.7 Å². The lowest BCUT2D eigenvalue weighted by Crippen LogP contribution is -2.46. The highest BCUT2D eigenvalue weighted by molar-refractivity contribution is 6.31. The van der Waals surface area contributed by atoms with Crippen LogP contribution in [0.15, 0.2) is 18.2 Å². The Bertz CT molecular complexity index is 489. The van der Waals surface area contributed by atoms with Gasteiger partial charge in [0.25, 0.3) is 5.91 Å². The Labute approximate surface area is 126 Å². The van der Waals surface area contributed by atoms with Crippen LogP contribution in [0.1, 0.15) is 41.6 Å².